The Morgan fingerprint density at radius 1 is 1.44 bits per heavy atom. The molecule has 2 heterocycles. The number of aromatic nitrogens is 1. The maximum absolute atomic E-state index is 12.1. The number of pyridine rings is 1. The molecule has 6 nitrogen and oxygen atoms in total. The van der Waals surface area contributed by atoms with Crippen LogP contribution in [0.15, 0.2) is 16.7 Å². The number of nitrogens with one attached hydrogen (secondary N) is 2. The van der Waals surface area contributed by atoms with E-state index in [1.54, 1.807) is 12.3 Å². The maximum Gasteiger partial charge on any atom is 0.302 e. The lowest BCUT2D eigenvalue weighted by Gasteiger charge is -2.26. The highest BCUT2D eigenvalue weighted by atomic mass is 79.9. The predicted molar refractivity (Wildman–Crippen MR) is 73.7 cm³/mol. The molecule has 0 amide bonds. The highest BCUT2D eigenvalue weighted by Gasteiger charge is 2.23. The van der Waals surface area contributed by atoms with Crippen LogP contribution in [0, 0.1) is 6.92 Å². The van der Waals surface area contributed by atoms with Crippen molar-refractivity contribution in [1.29, 1.82) is 0 Å². The van der Waals surface area contributed by atoms with E-state index in [9.17, 15) is 8.42 Å². The van der Waals surface area contributed by atoms with Crippen LogP contribution < -0.4 is 10.0 Å². The van der Waals surface area contributed by atoms with Crippen LogP contribution in [0.4, 0.5) is 5.82 Å². The predicted octanol–water partition coefficient (Wildman–Crippen LogP) is 0.714. The van der Waals surface area contributed by atoms with Crippen molar-refractivity contribution in [3.05, 3.63) is 22.3 Å². The Bertz CT molecular complexity index is 529. The lowest BCUT2D eigenvalue weighted by molar-refractivity contribution is 0.362. The molecule has 0 spiro atoms. The summed E-state index contributed by atoms with van der Waals surface area (Å²) < 4.78 is 28.9. The summed E-state index contributed by atoms with van der Waals surface area (Å²) in [5.74, 6) is 0.342. The van der Waals surface area contributed by atoms with Crippen LogP contribution in [0.25, 0.3) is 0 Å². The van der Waals surface area contributed by atoms with Gasteiger partial charge in [-0.1, -0.05) is 0 Å². The van der Waals surface area contributed by atoms with Gasteiger partial charge in [0, 0.05) is 36.8 Å². The molecule has 0 aliphatic carbocycles. The summed E-state index contributed by atoms with van der Waals surface area (Å²) >= 11 is 3.33. The van der Waals surface area contributed by atoms with Crippen molar-refractivity contribution < 1.29 is 8.42 Å². The molecule has 18 heavy (non-hydrogen) atoms. The van der Waals surface area contributed by atoms with E-state index >= 15 is 0 Å². The highest BCUT2D eigenvalue weighted by Crippen LogP contribution is 2.18. The van der Waals surface area contributed by atoms with E-state index in [4.69, 9.17) is 0 Å². The fraction of sp³-hybridized carbons (Fsp3) is 0.500. The van der Waals surface area contributed by atoms with Crippen molar-refractivity contribution in [2.45, 2.75) is 6.92 Å². The number of piperazine rings is 1. The van der Waals surface area contributed by atoms with Gasteiger partial charge in [-0.3, -0.25) is 4.72 Å². The number of rotatable bonds is 3. The van der Waals surface area contributed by atoms with E-state index in [1.807, 2.05) is 6.92 Å². The van der Waals surface area contributed by atoms with E-state index in [0.717, 1.165) is 10.0 Å². The first kappa shape index (κ1) is 13.7. The quantitative estimate of drug-likeness (QED) is 0.853. The molecule has 0 aromatic carbocycles. The van der Waals surface area contributed by atoms with Gasteiger partial charge in [-0.2, -0.15) is 12.7 Å². The van der Waals surface area contributed by atoms with Gasteiger partial charge in [0.1, 0.15) is 5.82 Å². The fourth-order valence-corrected chi connectivity index (χ4v) is 3.06. The summed E-state index contributed by atoms with van der Waals surface area (Å²) in [5.41, 5.74) is 0.933. The smallest absolute Gasteiger partial charge is 0.302 e. The summed E-state index contributed by atoms with van der Waals surface area (Å²) in [6.07, 6.45) is 1.59. The number of halogens is 1. The second-order valence-corrected chi connectivity index (χ2v) is 6.60. The Morgan fingerprint density at radius 3 is 2.72 bits per heavy atom. The zero-order valence-electron chi connectivity index (χ0n) is 9.98. The van der Waals surface area contributed by atoms with Crippen LogP contribution in [0.2, 0.25) is 0 Å². The molecule has 1 fully saturated rings. The molecule has 1 aromatic rings. The van der Waals surface area contributed by atoms with Crippen LogP contribution in [0.5, 0.6) is 0 Å². The lowest BCUT2D eigenvalue weighted by Crippen LogP contribution is -2.48. The van der Waals surface area contributed by atoms with Crippen LogP contribution in [-0.2, 0) is 10.2 Å². The second-order valence-electron chi connectivity index (χ2n) is 4.07. The molecule has 0 bridgehead atoms. The van der Waals surface area contributed by atoms with Crippen LogP contribution in [0.3, 0.4) is 0 Å². The van der Waals surface area contributed by atoms with Gasteiger partial charge in [0.2, 0.25) is 0 Å². The van der Waals surface area contributed by atoms with Crippen molar-refractivity contribution in [1.82, 2.24) is 14.6 Å². The highest BCUT2D eigenvalue weighted by molar-refractivity contribution is 9.10. The van der Waals surface area contributed by atoms with Crippen molar-refractivity contribution in [3.8, 4) is 0 Å². The Morgan fingerprint density at radius 2 is 2.11 bits per heavy atom. The van der Waals surface area contributed by atoms with Gasteiger partial charge in [-0.25, -0.2) is 4.98 Å². The molecule has 2 N–H and O–H groups in total. The molecule has 8 heteroatoms. The number of aryl methyl sites for hydroxylation is 1. The molecule has 0 unspecified atom stereocenters. The minimum atomic E-state index is -3.50. The summed E-state index contributed by atoms with van der Waals surface area (Å²) in [4.78, 5) is 4.04. The van der Waals surface area contributed by atoms with Gasteiger partial charge in [-0.05, 0) is 34.5 Å². The molecule has 2 rings (SSSR count). The lowest BCUT2D eigenvalue weighted by atomic mass is 10.3. The average molecular weight is 335 g/mol. The van der Waals surface area contributed by atoms with Crippen molar-refractivity contribution >= 4 is 32.0 Å². The van der Waals surface area contributed by atoms with E-state index in [-0.39, 0.29) is 0 Å². The minimum Gasteiger partial charge on any atom is -0.314 e. The summed E-state index contributed by atoms with van der Waals surface area (Å²) in [6, 6.07) is 1.70. The van der Waals surface area contributed by atoms with Crippen LogP contribution in [0.1, 0.15) is 5.56 Å². The van der Waals surface area contributed by atoms with Crippen LogP contribution in [-0.4, -0.2) is 43.9 Å². The van der Waals surface area contributed by atoms with Gasteiger partial charge >= 0.3 is 10.2 Å². The molecule has 1 aliphatic heterocycles. The Labute approximate surface area is 115 Å². The third-order valence-electron chi connectivity index (χ3n) is 2.70. The average Bonchev–Trinajstić information content (AvgIpc) is 2.35. The van der Waals surface area contributed by atoms with E-state index in [1.165, 1.54) is 4.31 Å². The number of hydrogen-bond acceptors (Lipinski definition) is 4. The van der Waals surface area contributed by atoms with Gasteiger partial charge < -0.3 is 5.32 Å². The largest absolute Gasteiger partial charge is 0.314 e. The molecule has 100 valence electrons. The number of nitrogens with zero attached hydrogens (tertiary/aromatic N) is 2. The summed E-state index contributed by atoms with van der Waals surface area (Å²) in [7, 11) is -3.50. The van der Waals surface area contributed by atoms with Crippen molar-refractivity contribution in [2.24, 2.45) is 0 Å². The molecule has 0 atom stereocenters. The topological polar surface area (TPSA) is 74.3 Å². The van der Waals surface area contributed by atoms with Gasteiger partial charge in [-0.15, -0.1) is 0 Å². The first-order chi connectivity index (χ1) is 8.49. The Kier molecular flexibility index (Phi) is 4.21. The molecule has 1 saturated heterocycles. The van der Waals surface area contributed by atoms with Gasteiger partial charge in [0.15, 0.2) is 0 Å². The minimum absolute atomic E-state index is 0.342. The molecule has 0 radical (unpaired) electrons. The molecular weight excluding hydrogens is 320 g/mol. The van der Waals surface area contributed by atoms with Crippen molar-refractivity contribution in [3.63, 3.8) is 0 Å². The number of hydrogen-bond donors (Lipinski definition) is 2. The second kappa shape index (κ2) is 5.52. The summed E-state index contributed by atoms with van der Waals surface area (Å²) in [6.45, 7) is 4.19. The SMILES string of the molecule is Cc1cc(NS(=O)(=O)N2CCNCC2)ncc1Br. The van der Waals surface area contributed by atoms with Gasteiger partial charge in [0.25, 0.3) is 0 Å². The van der Waals surface area contributed by atoms with Crippen LogP contribution >= 0.6 is 15.9 Å². The standard InChI is InChI=1S/C10H15BrN4O2S/c1-8-6-10(13-7-9(8)11)14-18(16,17)15-4-2-12-3-5-15/h6-7,12H,2-5H2,1H3,(H,13,14). The molecule has 1 aliphatic rings. The van der Waals surface area contributed by atoms with E-state index in [2.05, 4.69) is 31.0 Å². The third kappa shape index (κ3) is 3.19. The summed E-state index contributed by atoms with van der Waals surface area (Å²) in [5, 5.41) is 3.11. The monoisotopic (exact) mass is 334 g/mol. The normalized spacial score (nSPS) is 17.7. The van der Waals surface area contributed by atoms with E-state index < -0.39 is 10.2 Å². The first-order valence-corrected chi connectivity index (χ1v) is 7.83. The maximum atomic E-state index is 12.1. The third-order valence-corrected chi connectivity index (χ3v) is 5.04. The molecule has 0 saturated carbocycles. The zero-order chi connectivity index (χ0) is 13.2. The fourth-order valence-electron chi connectivity index (χ4n) is 1.68. The zero-order valence-corrected chi connectivity index (χ0v) is 12.4. The van der Waals surface area contributed by atoms with E-state index in [0.29, 0.717) is 32.0 Å². The molecular formula is C10H15BrN4O2S. The first-order valence-electron chi connectivity index (χ1n) is 5.60. The Balaban J connectivity index is 2.13. The number of anilines is 1. The van der Waals surface area contributed by atoms with Gasteiger partial charge in [0.05, 0.1) is 0 Å². The van der Waals surface area contributed by atoms with Crippen molar-refractivity contribution in [2.75, 3.05) is 30.9 Å². The Hall–Kier alpha value is -0.700. The molecule has 1 aromatic heterocycles.